The Morgan fingerprint density at radius 1 is 1.03 bits per heavy atom. The number of carbonyl (C=O) groups excluding carboxylic acids is 2. The van der Waals surface area contributed by atoms with Crippen LogP contribution in [0.2, 0.25) is 0 Å². The molecule has 1 heterocycles. The minimum atomic E-state index is -0.646. The van der Waals surface area contributed by atoms with Crippen molar-refractivity contribution in [2.24, 2.45) is 5.73 Å². The Morgan fingerprint density at radius 3 is 2.03 bits per heavy atom. The van der Waals surface area contributed by atoms with Crippen LogP contribution in [0.1, 0.15) is 23.6 Å². The minimum Gasteiger partial charge on any atom is -0.352 e. The molecule has 1 atom stereocenters. The fourth-order valence-corrected chi connectivity index (χ4v) is 4.61. The highest BCUT2D eigenvalue weighted by atomic mass is 32.2. The number of amides is 3. The van der Waals surface area contributed by atoms with Gasteiger partial charge in [0.25, 0.3) is 0 Å². The molecule has 1 aliphatic heterocycles. The van der Waals surface area contributed by atoms with Gasteiger partial charge in [0.2, 0.25) is 5.91 Å². The van der Waals surface area contributed by atoms with E-state index >= 15 is 0 Å². The third-order valence-electron chi connectivity index (χ3n) is 5.62. The number of nitrogens with two attached hydrogens (primary N) is 1. The molecule has 0 saturated carbocycles. The van der Waals surface area contributed by atoms with E-state index in [9.17, 15) is 9.59 Å². The summed E-state index contributed by atoms with van der Waals surface area (Å²) in [4.78, 5) is 27.7. The second-order valence-corrected chi connectivity index (χ2v) is 8.57. The second kappa shape index (κ2) is 11.0. The maximum Gasteiger partial charge on any atom is 0.312 e. The molecule has 0 radical (unpaired) electrons. The zero-order valence-corrected chi connectivity index (χ0v) is 18.2. The molecule has 6 nitrogen and oxygen atoms in total. The van der Waals surface area contributed by atoms with Gasteiger partial charge >= 0.3 is 6.03 Å². The largest absolute Gasteiger partial charge is 0.352 e. The lowest BCUT2D eigenvalue weighted by atomic mass is 9.96. The third kappa shape index (κ3) is 5.77. The van der Waals surface area contributed by atoms with Gasteiger partial charge in [0.05, 0.1) is 26.2 Å². The number of quaternary nitrogens is 1. The average Bonchev–Trinajstić information content (AvgIpc) is 2.78. The van der Waals surface area contributed by atoms with E-state index in [4.69, 9.17) is 5.73 Å². The molecule has 3 amide bonds. The lowest BCUT2D eigenvalue weighted by Gasteiger charge is -2.38. The number of urea groups is 1. The number of hydrogen-bond acceptors (Lipinski definition) is 3. The summed E-state index contributed by atoms with van der Waals surface area (Å²) in [5, 5.41) is 2.62. The molecular formula is C23H31N4O2S+. The summed E-state index contributed by atoms with van der Waals surface area (Å²) in [5.74, 6) is 0.768. The van der Waals surface area contributed by atoms with E-state index in [1.54, 1.807) is 11.8 Å². The van der Waals surface area contributed by atoms with Crippen LogP contribution in [0, 0.1) is 0 Å². The summed E-state index contributed by atoms with van der Waals surface area (Å²) in [6, 6.07) is 20.2. The number of thioether (sulfide) groups is 1. The molecule has 4 N–H and O–H groups in total. The number of nitrogens with zero attached hydrogens (tertiary/aromatic N) is 1. The molecule has 3 rings (SSSR count). The van der Waals surface area contributed by atoms with Crippen molar-refractivity contribution in [2.75, 3.05) is 38.2 Å². The standard InChI is InChI=1S/C23H30N4O2S/c1-30-17-12-20(25-23(24)29)22(28)27-15-13-26(14-16-27)21(18-8-4-2-5-9-18)19-10-6-3-7-11-19/h2-11,20-21H,12-17H2,1H3,(H3,24,25,29)/p+1/t20-/m1/s1. The van der Waals surface area contributed by atoms with Crippen LogP contribution in [0.4, 0.5) is 4.79 Å². The summed E-state index contributed by atoms with van der Waals surface area (Å²) in [6.45, 7) is 3.04. The van der Waals surface area contributed by atoms with Crippen molar-refractivity contribution in [1.82, 2.24) is 10.2 Å². The first-order chi connectivity index (χ1) is 14.6. The molecule has 2 aromatic rings. The quantitative estimate of drug-likeness (QED) is 0.594. The van der Waals surface area contributed by atoms with E-state index in [2.05, 4.69) is 53.8 Å². The predicted octanol–water partition coefficient (Wildman–Crippen LogP) is 1.29. The first-order valence-corrected chi connectivity index (χ1v) is 11.8. The topological polar surface area (TPSA) is 79.9 Å². The Hall–Kier alpha value is -2.51. The highest BCUT2D eigenvalue weighted by Crippen LogP contribution is 2.19. The SMILES string of the molecule is CSCC[C@@H](NC(N)=O)C(=O)N1CC[NH+](C(c2ccccc2)c2ccccc2)CC1. The van der Waals surface area contributed by atoms with Gasteiger partial charge in [0.15, 0.2) is 0 Å². The van der Waals surface area contributed by atoms with Gasteiger partial charge in [0, 0.05) is 11.1 Å². The molecule has 0 spiro atoms. The van der Waals surface area contributed by atoms with Gasteiger partial charge in [-0.1, -0.05) is 60.7 Å². The van der Waals surface area contributed by atoms with E-state index < -0.39 is 12.1 Å². The molecule has 0 bridgehead atoms. The molecule has 1 saturated heterocycles. The smallest absolute Gasteiger partial charge is 0.312 e. The summed E-state index contributed by atoms with van der Waals surface area (Å²) < 4.78 is 0. The Bertz CT molecular complexity index is 771. The highest BCUT2D eigenvalue weighted by molar-refractivity contribution is 7.98. The minimum absolute atomic E-state index is 0.0297. The molecule has 0 aliphatic carbocycles. The van der Waals surface area contributed by atoms with Gasteiger partial charge in [0.1, 0.15) is 12.1 Å². The number of nitrogens with one attached hydrogen (secondary N) is 2. The van der Waals surface area contributed by atoms with Crippen LogP contribution in [-0.4, -0.2) is 61.1 Å². The fraction of sp³-hybridized carbons (Fsp3) is 0.391. The first-order valence-electron chi connectivity index (χ1n) is 10.4. The summed E-state index contributed by atoms with van der Waals surface area (Å²) >= 11 is 1.65. The Balaban J connectivity index is 1.70. The molecule has 0 aromatic heterocycles. The number of carbonyl (C=O) groups is 2. The van der Waals surface area contributed by atoms with Crippen LogP contribution in [0.5, 0.6) is 0 Å². The van der Waals surface area contributed by atoms with Gasteiger partial charge in [-0.05, 0) is 18.4 Å². The van der Waals surface area contributed by atoms with Gasteiger partial charge in [-0.25, -0.2) is 4.79 Å². The van der Waals surface area contributed by atoms with Crippen molar-refractivity contribution in [3.8, 4) is 0 Å². The zero-order valence-electron chi connectivity index (χ0n) is 17.4. The molecule has 30 heavy (non-hydrogen) atoms. The summed E-state index contributed by atoms with van der Waals surface area (Å²) in [6.07, 6.45) is 2.58. The summed E-state index contributed by atoms with van der Waals surface area (Å²) in [7, 11) is 0. The van der Waals surface area contributed by atoms with Crippen molar-refractivity contribution in [3.05, 3.63) is 71.8 Å². The van der Waals surface area contributed by atoms with Crippen LogP contribution >= 0.6 is 11.8 Å². The molecular weight excluding hydrogens is 396 g/mol. The molecule has 2 aromatic carbocycles. The van der Waals surface area contributed by atoms with Crippen molar-refractivity contribution >= 4 is 23.7 Å². The Morgan fingerprint density at radius 2 is 1.57 bits per heavy atom. The fourth-order valence-electron chi connectivity index (χ4n) is 4.14. The van der Waals surface area contributed by atoms with Gasteiger partial charge in [-0.2, -0.15) is 11.8 Å². The first kappa shape index (κ1) is 22.2. The molecule has 160 valence electrons. The summed E-state index contributed by atoms with van der Waals surface area (Å²) in [5.41, 5.74) is 7.86. The average molecular weight is 428 g/mol. The van der Waals surface area contributed by atoms with Crippen LogP contribution in [0.15, 0.2) is 60.7 Å². The van der Waals surface area contributed by atoms with Crippen molar-refractivity contribution in [1.29, 1.82) is 0 Å². The van der Waals surface area contributed by atoms with E-state index in [0.29, 0.717) is 19.5 Å². The maximum atomic E-state index is 13.0. The number of primary amides is 1. The number of benzene rings is 2. The van der Waals surface area contributed by atoms with Crippen LogP contribution in [0.3, 0.4) is 0 Å². The van der Waals surface area contributed by atoms with E-state index in [-0.39, 0.29) is 11.9 Å². The highest BCUT2D eigenvalue weighted by Gasteiger charge is 2.33. The van der Waals surface area contributed by atoms with Gasteiger partial charge in [-0.15, -0.1) is 0 Å². The van der Waals surface area contributed by atoms with Crippen molar-refractivity contribution in [2.45, 2.75) is 18.5 Å². The number of hydrogen-bond donors (Lipinski definition) is 3. The van der Waals surface area contributed by atoms with Crippen LogP contribution in [0.25, 0.3) is 0 Å². The Labute approximate surface area is 182 Å². The molecule has 1 aliphatic rings. The second-order valence-electron chi connectivity index (χ2n) is 7.58. The van der Waals surface area contributed by atoms with E-state index in [0.717, 1.165) is 18.8 Å². The van der Waals surface area contributed by atoms with Gasteiger partial charge < -0.3 is 20.9 Å². The molecule has 1 fully saturated rings. The van der Waals surface area contributed by atoms with E-state index in [1.807, 2.05) is 23.3 Å². The van der Waals surface area contributed by atoms with Gasteiger partial charge in [-0.3, -0.25) is 4.79 Å². The number of piperazine rings is 1. The monoisotopic (exact) mass is 427 g/mol. The zero-order chi connectivity index (χ0) is 21.3. The lowest BCUT2D eigenvalue weighted by Crippen LogP contribution is -3.15. The normalized spacial score (nSPS) is 15.7. The maximum absolute atomic E-state index is 13.0. The van der Waals surface area contributed by atoms with Crippen LogP contribution in [-0.2, 0) is 4.79 Å². The molecule has 0 unspecified atom stereocenters. The van der Waals surface area contributed by atoms with Crippen molar-refractivity contribution in [3.63, 3.8) is 0 Å². The Kier molecular flexibility index (Phi) is 8.16. The van der Waals surface area contributed by atoms with Crippen molar-refractivity contribution < 1.29 is 14.5 Å². The lowest BCUT2D eigenvalue weighted by molar-refractivity contribution is -0.929. The molecule has 7 heteroatoms. The number of rotatable bonds is 8. The predicted molar refractivity (Wildman–Crippen MR) is 122 cm³/mol. The van der Waals surface area contributed by atoms with Crippen LogP contribution < -0.4 is 16.0 Å². The third-order valence-corrected chi connectivity index (χ3v) is 6.26. The van der Waals surface area contributed by atoms with E-state index in [1.165, 1.54) is 16.0 Å².